The molecule has 0 radical (unpaired) electrons. The van der Waals surface area contributed by atoms with E-state index in [4.69, 9.17) is 4.74 Å². The van der Waals surface area contributed by atoms with Gasteiger partial charge in [-0.2, -0.15) is 0 Å². The van der Waals surface area contributed by atoms with E-state index in [2.05, 4.69) is 0 Å². The first-order valence-corrected chi connectivity index (χ1v) is 5.25. The Morgan fingerprint density at radius 1 is 1.55 bits per heavy atom. The summed E-state index contributed by atoms with van der Waals surface area (Å²) in [6, 6.07) is 0. The second kappa shape index (κ2) is 2.96. The first-order valence-electron chi connectivity index (χ1n) is 4.27. The first kappa shape index (κ1) is 7.90. The van der Waals surface area contributed by atoms with Gasteiger partial charge in [-0.3, -0.25) is 0 Å². The zero-order chi connectivity index (χ0) is 7.73. The summed E-state index contributed by atoms with van der Waals surface area (Å²) >= 11 is 1.89. The maximum Gasteiger partial charge on any atom is 0.116 e. The number of thioether (sulfide) groups is 1. The molecule has 64 valence electrons. The van der Waals surface area contributed by atoms with Gasteiger partial charge in [0, 0.05) is 12.2 Å². The summed E-state index contributed by atoms with van der Waals surface area (Å²) in [6.45, 7) is 0.872. The van der Waals surface area contributed by atoms with Crippen molar-refractivity contribution in [1.29, 1.82) is 0 Å². The van der Waals surface area contributed by atoms with E-state index in [9.17, 15) is 5.11 Å². The number of hydrogen-bond acceptors (Lipinski definition) is 3. The van der Waals surface area contributed by atoms with Crippen LogP contribution in [0, 0.1) is 0 Å². The van der Waals surface area contributed by atoms with Crippen LogP contribution in [0.25, 0.3) is 0 Å². The van der Waals surface area contributed by atoms with Crippen molar-refractivity contribution in [2.75, 3.05) is 12.4 Å². The fourth-order valence-corrected chi connectivity index (χ4v) is 3.23. The molecule has 1 N–H and O–H groups in total. The molecule has 2 fully saturated rings. The van der Waals surface area contributed by atoms with Crippen molar-refractivity contribution in [3.8, 4) is 0 Å². The zero-order valence-corrected chi connectivity index (χ0v) is 7.40. The summed E-state index contributed by atoms with van der Waals surface area (Å²) in [5.41, 5.74) is 0. The fraction of sp³-hybridized carbons (Fsp3) is 1.00. The molecule has 0 unspecified atom stereocenters. The molecule has 1 spiro atoms. The molecule has 2 aliphatic rings. The van der Waals surface area contributed by atoms with Crippen LogP contribution >= 0.6 is 11.8 Å². The van der Waals surface area contributed by atoms with Gasteiger partial charge >= 0.3 is 0 Å². The summed E-state index contributed by atoms with van der Waals surface area (Å²) < 4.78 is 5.65. The standard InChI is InChI=1S/C8H14O2S/c9-7-2-1-3-8(6-7)10-4-5-11-8/h7,9H,1-6H2/t7-,8-/m0/s1. The van der Waals surface area contributed by atoms with Gasteiger partial charge in [-0.15, -0.1) is 11.8 Å². The van der Waals surface area contributed by atoms with Gasteiger partial charge in [-0.05, 0) is 19.3 Å². The fourth-order valence-electron chi connectivity index (χ4n) is 1.93. The van der Waals surface area contributed by atoms with E-state index in [0.717, 1.165) is 38.0 Å². The SMILES string of the molecule is O[C@H]1CCC[C@]2(C1)OCCS2. The molecule has 1 saturated heterocycles. The summed E-state index contributed by atoms with van der Waals surface area (Å²) in [7, 11) is 0. The van der Waals surface area contributed by atoms with Crippen molar-refractivity contribution in [1.82, 2.24) is 0 Å². The molecule has 1 heterocycles. The Kier molecular flexibility index (Phi) is 2.12. The molecule has 2 rings (SSSR count). The Labute approximate surface area is 71.3 Å². The largest absolute Gasteiger partial charge is 0.393 e. The maximum absolute atomic E-state index is 9.44. The van der Waals surface area contributed by atoms with E-state index in [1.807, 2.05) is 11.8 Å². The lowest BCUT2D eigenvalue weighted by atomic mass is 9.94. The van der Waals surface area contributed by atoms with E-state index >= 15 is 0 Å². The molecule has 2 atom stereocenters. The lowest BCUT2D eigenvalue weighted by Gasteiger charge is -2.34. The zero-order valence-electron chi connectivity index (χ0n) is 6.58. The van der Waals surface area contributed by atoms with Crippen LogP contribution in [0.2, 0.25) is 0 Å². The predicted octanol–water partition coefficient (Wildman–Crippen LogP) is 1.38. The first-order chi connectivity index (χ1) is 5.31. The summed E-state index contributed by atoms with van der Waals surface area (Å²) in [6.07, 6.45) is 3.95. The molecule has 11 heavy (non-hydrogen) atoms. The van der Waals surface area contributed by atoms with Crippen LogP contribution in [0.3, 0.4) is 0 Å². The van der Waals surface area contributed by atoms with Crippen molar-refractivity contribution >= 4 is 11.8 Å². The normalized spacial score (nSPS) is 45.0. The highest BCUT2D eigenvalue weighted by Crippen LogP contribution is 2.44. The van der Waals surface area contributed by atoms with Gasteiger partial charge in [0.05, 0.1) is 12.7 Å². The van der Waals surface area contributed by atoms with Gasteiger partial charge in [-0.1, -0.05) is 0 Å². The van der Waals surface area contributed by atoms with Gasteiger partial charge < -0.3 is 9.84 Å². The highest BCUT2D eigenvalue weighted by atomic mass is 32.2. The van der Waals surface area contributed by atoms with Crippen molar-refractivity contribution in [3.05, 3.63) is 0 Å². The highest BCUT2D eigenvalue weighted by Gasteiger charge is 2.40. The monoisotopic (exact) mass is 174 g/mol. The number of ether oxygens (including phenoxy) is 1. The van der Waals surface area contributed by atoms with Gasteiger partial charge in [0.2, 0.25) is 0 Å². The van der Waals surface area contributed by atoms with E-state index in [1.54, 1.807) is 0 Å². The van der Waals surface area contributed by atoms with Crippen LogP contribution in [0.15, 0.2) is 0 Å². The van der Waals surface area contributed by atoms with Crippen molar-refractivity contribution in [3.63, 3.8) is 0 Å². The van der Waals surface area contributed by atoms with Gasteiger partial charge in [0.15, 0.2) is 0 Å². The highest BCUT2D eigenvalue weighted by molar-refractivity contribution is 8.00. The topological polar surface area (TPSA) is 29.5 Å². The van der Waals surface area contributed by atoms with Crippen molar-refractivity contribution in [2.45, 2.75) is 36.7 Å². The van der Waals surface area contributed by atoms with Gasteiger partial charge in [0.25, 0.3) is 0 Å². The smallest absolute Gasteiger partial charge is 0.116 e. The molecule has 1 aliphatic carbocycles. The Balaban J connectivity index is 2.00. The molecule has 0 aromatic carbocycles. The quantitative estimate of drug-likeness (QED) is 0.601. The molecule has 1 saturated carbocycles. The van der Waals surface area contributed by atoms with Crippen molar-refractivity contribution < 1.29 is 9.84 Å². The molecular weight excluding hydrogens is 160 g/mol. The van der Waals surface area contributed by atoms with Crippen molar-refractivity contribution in [2.24, 2.45) is 0 Å². The second-order valence-electron chi connectivity index (χ2n) is 3.36. The van der Waals surface area contributed by atoms with E-state index in [-0.39, 0.29) is 11.0 Å². The Morgan fingerprint density at radius 3 is 3.09 bits per heavy atom. The average Bonchev–Trinajstić information content (AvgIpc) is 2.37. The molecule has 3 heteroatoms. The Hall–Kier alpha value is 0.270. The molecule has 0 aromatic rings. The third kappa shape index (κ3) is 1.55. The van der Waals surface area contributed by atoms with Crippen LogP contribution in [-0.2, 0) is 4.74 Å². The third-order valence-corrected chi connectivity index (χ3v) is 3.84. The van der Waals surface area contributed by atoms with Crippen LogP contribution < -0.4 is 0 Å². The number of rotatable bonds is 0. The number of aliphatic hydroxyl groups excluding tert-OH is 1. The molecule has 2 nitrogen and oxygen atoms in total. The molecular formula is C8H14O2S. The lowest BCUT2D eigenvalue weighted by molar-refractivity contribution is -0.0212. The second-order valence-corrected chi connectivity index (χ2v) is 4.80. The minimum atomic E-state index is -0.116. The van der Waals surface area contributed by atoms with Gasteiger partial charge in [0.1, 0.15) is 4.93 Å². The van der Waals surface area contributed by atoms with Crippen LogP contribution in [0.4, 0.5) is 0 Å². The molecule has 0 bridgehead atoms. The molecule has 0 aromatic heterocycles. The summed E-state index contributed by atoms with van der Waals surface area (Å²) in [5, 5.41) is 9.44. The van der Waals surface area contributed by atoms with E-state index < -0.39 is 0 Å². The van der Waals surface area contributed by atoms with Crippen LogP contribution in [-0.4, -0.2) is 28.5 Å². The van der Waals surface area contributed by atoms with E-state index in [0.29, 0.717) is 0 Å². The average molecular weight is 174 g/mol. The Morgan fingerprint density at radius 2 is 2.45 bits per heavy atom. The third-order valence-electron chi connectivity index (χ3n) is 2.46. The molecule has 0 amide bonds. The van der Waals surface area contributed by atoms with E-state index in [1.165, 1.54) is 0 Å². The van der Waals surface area contributed by atoms with Crippen LogP contribution in [0.5, 0.6) is 0 Å². The predicted molar refractivity (Wildman–Crippen MR) is 45.6 cm³/mol. The maximum atomic E-state index is 9.44. The minimum absolute atomic E-state index is 0.0116. The Bertz CT molecular complexity index is 143. The van der Waals surface area contributed by atoms with Gasteiger partial charge in [-0.25, -0.2) is 0 Å². The summed E-state index contributed by atoms with van der Waals surface area (Å²) in [4.78, 5) is 0.0116. The minimum Gasteiger partial charge on any atom is -0.393 e. The van der Waals surface area contributed by atoms with Crippen LogP contribution in [0.1, 0.15) is 25.7 Å². The summed E-state index contributed by atoms with van der Waals surface area (Å²) in [5.74, 6) is 1.10. The number of aliphatic hydroxyl groups is 1. The molecule has 1 aliphatic heterocycles. The lowest BCUT2D eigenvalue weighted by Crippen LogP contribution is -2.34. The number of hydrogen-bond donors (Lipinski definition) is 1.